The van der Waals surface area contributed by atoms with Gasteiger partial charge >= 0.3 is 0 Å². The van der Waals surface area contributed by atoms with E-state index in [-0.39, 0.29) is 18.2 Å². The van der Waals surface area contributed by atoms with Crippen molar-refractivity contribution < 1.29 is 18.4 Å². The van der Waals surface area contributed by atoms with Crippen LogP contribution in [0, 0.1) is 17.6 Å². The Morgan fingerprint density at radius 2 is 2.04 bits per heavy atom. The Balaban J connectivity index is 1.75. The maximum absolute atomic E-state index is 13.7. The molecule has 0 spiro atoms. The zero-order valence-electron chi connectivity index (χ0n) is 12.8. The number of Topliss-reactive ketones (excluding diaryl/α,β-unsaturated/α-hetero) is 1. The molecule has 0 radical (unpaired) electrons. The van der Waals surface area contributed by atoms with Crippen molar-refractivity contribution in [1.29, 1.82) is 0 Å². The van der Waals surface area contributed by atoms with Crippen LogP contribution in [-0.4, -0.2) is 39.6 Å². The predicted molar refractivity (Wildman–Crippen MR) is 81.3 cm³/mol. The quantitative estimate of drug-likeness (QED) is 0.811. The summed E-state index contributed by atoms with van der Waals surface area (Å²) in [5.74, 6) is -3.00. The lowest BCUT2D eigenvalue weighted by atomic mass is 9.91. The molecule has 0 N–H and O–H groups in total. The number of nitrogens with zero attached hydrogens (tertiary/aromatic N) is 3. The van der Waals surface area contributed by atoms with Crippen molar-refractivity contribution in [2.24, 2.45) is 5.92 Å². The monoisotopic (exact) mass is 331 g/mol. The van der Waals surface area contributed by atoms with E-state index in [9.17, 15) is 18.4 Å². The average Bonchev–Trinajstić information content (AvgIpc) is 2.61. The Labute approximate surface area is 137 Å². The van der Waals surface area contributed by atoms with Crippen LogP contribution in [0.1, 0.15) is 33.8 Å². The lowest BCUT2D eigenvalue weighted by Gasteiger charge is -2.31. The predicted octanol–water partition coefficient (Wildman–Crippen LogP) is 2.49. The molecule has 0 unspecified atom stereocenters. The number of hydrogen-bond donors (Lipinski definition) is 0. The number of likely N-dealkylation sites (tertiary alicyclic amines) is 1. The Morgan fingerprint density at radius 3 is 2.75 bits per heavy atom. The van der Waals surface area contributed by atoms with Gasteiger partial charge in [-0.1, -0.05) is 6.07 Å². The molecule has 2 aromatic heterocycles. The van der Waals surface area contributed by atoms with Crippen molar-refractivity contribution in [3.8, 4) is 0 Å². The summed E-state index contributed by atoms with van der Waals surface area (Å²) in [5.41, 5.74) is -0.0785. The Hall–Kier alpha value is -2.70. The van der Waals surface area contributed by atoms with Gasteiger partial charge in [-0.05, 0) is 25.0 Å². The molecule has 7 heteroatoms. The second-order valence-electron chi connectivity index (χ2n) is 5.65. The first-order chi connectivity index (χ1) is 11.6. The first kappa shape index (κ1) is 16.2. The normalized spacial score (nSPS) is 17.6. The minimum absolute atomic E-state index is 0.138. The maximum atomic E-state index is 13.7. The zero-order valence-corrected chi connectivity index (χ0v) is 12.8. The third-order valence-corrected chi connectivity index (χ3v) is 4.01. The van der Waals surface area contributed by atoms with E-state index in [0.29, 0.717) is 31.1 Å². The molecule has 3 rings (SSSR count). The number of aromatic nitrogens is 2. The molecule has 0 aromatic carbocycles. The van der Waals surface area contributed by atoms with Crippen LogP contribution in [0.4, 0.5) is 8.78 Å². The average molecular weight is 331 g/mol. The van der Waals surface area contributed by atoms with Gasteiger partial charge in [0.2, 0.25) is 0 Å². The third-order valence-electron chi connectivity index (χ3n) is 4.01. The minimum atomic E-state index is -1.00. The van der Waals surface area contributed by atoms with Gasteiger partial charge in [0.05, 0.1) is 6.20 Å². The maximum Gasteiger partial charge on any atom is 0.275 e. The van der Waals surface area contributed by atoms with Gasteiger partial charge in [0.1, 0.15) is 11.5 Å². The second kappa shape index (κ2) is 6.82. The summed E-state index contributed by atoms with van der Waals surface area (Å²) in [6, 6.07) is 5.70. The number of rotatable bonds is 3. The molecule has 0 bridgehead atoms. The van der Waals surface area contributed by atoms with E-state index in [2.05, 4.69) is 9.97 Å². The van der Waals surface area contributed by atoms with Gasteiger partial charge in [0, 0.05) is 31.3 Å². The first-order valence-corrected chi connectivity index (χ1v) is 7.62. The number of pyridine rings is 2. The van der Waals surface area contributed by atoms with Gasteiger partial charge in [-0.25, -0.2) is 13.8 Å². The summed E-state index contributed by atoms with van der Waals surface area (Å²) in [4.78, 5) is 33.9. The number of halogens is 2. The summed E-state index contributed by atoms with van der Waals surface area (Å²) in [7, 11) is 0. The van der Waals surface area contributed by atoms with E-state index >= 15 is 0 Å². The van der Waals surface area contributed by atoms with Crippen molar-refractivity contribution in [2.75, 3.05) is 13.1 Å². The summed E-state index contributed by atoms with van der Waals surface area (Å²) in [6.45, 7) is 0.579. The molecule has 1 fully saturated rings. The highest BCUT2D eigenvalue weighted by Crippen LogP contribution is 2.22. The highest BCUT2D eigenvalue weighted by molar-refractivity contribution is 5.97. The molecule has 1 amide bonds. The van der Waals surface area contributed by atoms with Gasteiger partial charge in [0.15, 0.2) is 17.3 Å². The van der Waals surface area contributed by atoms with E-state index in [1.54, 1.807) is 18.2 Å². The molecular formula is C17H15F2N3O2. The van der Waals surface area contributed by atoms with Crippen LogP contribution in [0.5, 0.6) is 0 Å². The van der Waals surface area contributed by atoms with Crippen LogP contribution < -0.4 is 0 Å². The van der Waals surface area contributed by atoms with E-state index in [1.165, 1.54) is 11.1 Å². The van der Waals surface area contributed by atoms with E-state index in [0.717, 1.165) is 6.20 Å². The van der Waals surface area contributed by atoms with Crippen molar-refractivity contribution in [1.82, 2.24) is 14.9 Å². The van der Waals surface area contributed by atoms with Crippen LogP contribution in [0.3, 0.4) is 0 Å². The molecule has 1 atom stereocenters. The number of amides is 1. The molecule has 2 aromatic rings. The van der Waals surface area contributed by atoms with Crippen LogP contribution in [0.25, 0.3) is 0 Å². The zero-order chi connectivity index (χ0) is 17.1. The Bertz CT molecular complexity index is 768. The van der Waals surface area contributed by atoms with Gasteiger partial charge in [-0.15, -0.1) is 0 Å². The van der Waals surface area contributed by atoms with Crippen LogP contribution >= 0.6 is 0 Å². The highest BCUT2D eigenvalue weighted by atomic mass is 19.1. The molecule has 0 saturated carbocycles. The third kappa shape index (κ3) is 3.29. The van der Waals surface area contributed by atoms with Crippen LogP contribution in [0.2, 0.25) is 0 Å². The number of piperidine rings is 1. The van der Waals surface area contributed by atoms with E-state index < -0.39 is 23.2 Å². The first-order valence-electron chi connectivity index (χ1n) is 7.62. The lowest BCUT2D eigenvalue weighted by molar-refractivity contribution is 0.0626. The van der Waals surface area contributed by atoms with Crippen molar-refractivity contribution in [3.05, 3.63) is 59.7 Å². The van der Waals surface area contributed by atoms with Gasteiger partial charge in [-0.3, -0.25) is 14.6 Å². The molecule has 3 heterocycles. The fourth-order valence-electron chi connectivity index (χ4n) is 2.81. The summed E-state index contributed by atoms with van der Waals surface area (Å²) in [5, 5.41) is 0. The van der Waals surface area contributed by atoms with Crippen LogP contribution in [-0.2, 0) is 0 Å². The number of hydrogen-bond acceptors (Lipinski definition) is 4. The van der Waals surface area contributed by atoms with Crippen molar-refractivity contribution in [2.45, 2.75) is 12.8 Å². The fourth-order valence-corrected chi connectivity index (χ4v) is 2.81. The number of carbonyl (C=O) groups is 2. The largest absolute Gasteiger partial charge is 0.336 e. The molecule has 24 heavy (non-hydrogen) atoms. The van der Waals surface area contributed by atoms with Crippen LogP contribution in [0.15, 0.2) is 36.7 Å². The second-order valence-corrected chi connectivity index (χ2v) is 5.65. The lowest BCUT2D eigenvalue weighted by Crippen LogP contribution is -2.43. The molecule has 1 saturated heterocycles. The Morgan fingerprint density at radius 1 is 1.21 bits per heavy atom. The fraction of sp³-hybridized carbons (Fsp3) is 0.294. The van der Waals surface area contributed by atoms with E-state index in [4.69, 9.17) is 0 Å². The number of carbonyl (C=O) groups excluding carboxylic acids is 2. The molecule has 1 aliphatic heterocycles. The smallest absolute Gasteiger partial charge is 0.275 e. The number of ketones is 1. The van der Waals surface area contributed by atoms with Gasteiger partial charge < -0.3 is 4.90 Å². The topological polar surface area (TPSA) is 63.2 Å². The summed E-state index contributed by atoms with van der Waals surface area (Å²) < 4.78 is 26.7. The summed E-state index contributed by atoms with van der Waals surface area (Å²) in [6.07, 6.45) is 3.60. The van der Waals surface area contributed by atoms with Crippen molar-refractivity contribution >= 4 is 11.7 Å². The molecule has 1 aliphatic rings. The Kier molecular flexibility index (Phi) is 4.59. The molecule has 124 valence electrons. The van der Waals surface area contributed by atoms with Gasteiger partial charge in [-0.2, -0.15) is 0 Å². The molecule has 0 aliphatic carbocycles. The SMILES string of the molecule is O=C(c1ccccn1)[C@@H]1CCCN(C(=O)c2ncc(F)cc2F)C1. The molecular weight excluding hydrogens is 316 g/mol. The van der Waals surface area contributed by atoms with E-state index in [1.807, 2.05) is 0 Å². The minimum Gasteiger partial charge on any atom is -0.336 e. The van der Waals surface area contributed by atoms with Gasteiger partial charge in [0.25, 0.3) is 5.91 Å². The molecule has 5 nitrogen and oxygen atoms in total. The van der Waals surface area contributed by atoms with Crippen molar-refractivity contribution in [3.63, 3.8) is 0 Å². The standard InChI is InChI=1S/C17H15F2N3O2/c18-12-8-13(19)15(21-9-12)17(24)22-7-3-4-11(10-22)16(23)14-5-1-2-6-20-14/h1-2,5-6,8-9,11H,3-4,7,10H2/t11-/m1/s1. The highest BCUT2D eigenvalue weighted by Gasteiger charge is 2.31. The summed E-state index contributed by atoms with van der Waals surface area (Å²) >= 11 is 0.